The van der Waals surface area contributed by atoms with Crippen LogP contribution in [0.5, 0.6) is 0 Å². The summed E-state index contributed by atoms with van der Waals surface area (Å²) in [4.78, 5) is 37.3. The highest BCUT2D eigenvalue weighted by Gasteiger charge is 2.19. The van der Waals surface area contributed by atoms with Crippen LogP contribution in [0, 0.1) is 0 Å². The maximum Gasteiger partial charge on any atom is 0.338 e. The van der Waals surface area contributed by atoms with Crippen molar-refractivity contribution in [1.82, 2.24) is 4.90 Å². The van der Waals surface area contributed by atoms with Gasteiger partial charge in [0.05, 0.1) is 5.56 Å². The summed E-state index contributed by atoms with van der Waals surface area (Å²) >= 11 is 0. The Bertz CT molecular complexity index is 682. The van der Waals surface area contributed by atoms with Crippen molar-refractivity contribution in [2.75, 3.05) is 18.5 Å². The molecular formula is C19H24N2O4. The second kappa shape index (κ2) is 9.01. The van der Waals surface area contributed by atoms with E-state index >= 15 is 0 Å². The van der Waals surface area contributed by atoms with E-state index in [9.17, 15) is 14.4 Å². The molecule has 1 aromatic carbocycles. The van der Waals surface area contributed by atoms with Gasteiger partial charge in [-0.2, -0.15) is 0 Å². The van der Waals surface area contributed by atoms with Crippen LogP contribution in [0.1, 0.15) is 49.9 Å². The van der Waals surface area contributed by atoms with E-state index in [1.54, 1.807) is 23.1 Å². The Kier molecular flexibility index (Phi) is 6.74. The molecule has 25 heavy (non-hydrogen) atoms. The number of nitrogens with one attached hydrogen (secondary N) is 1. The molecular weight excluding hydrogens is 320 g/mol. The molecule has 6 nitrogen and oxygen atoms in total. The molecule has 1 aliphatic carbocycles. The maximum atomic E-state index is 12.4. The highest BCUT2D eigenvalue weighted by atomic mass is 16.5. The molecule has 0 heterocycles. The molecule has 0 radical (unpaired) electrons. The summed E-state index contributed by atoms with van der Waals surface area (Å²) in [5, 5.41) is 2.61. The van der Waals surface area contributed by atoms with E-state index in [-0.39, 0.29) is 18.4 Å². The number of benzene rings is 1. The molecule has 1 aliphatic rings. The predicted octanol–water partition coefficient (Wildman–Crippen LogP) is 3.11. The number of ether oxygens (including phenoxy) is 1. The van der Waals surface area contributed by atoms with Crippen molar-refractivity contribution in [1.29, 1.82) is 0 Å². The van der Waals surface area contributed by atoms with Crippen LogP contribution in [0.4, 0.5) is 5.69 Å². The molecule has 0 unspecified atom stereocenters. The van der Waals surface area contributed by atoms with E-state index < -0.39 is 5.97 Å². The number of anilines is 1. The fourth-order valence-electron chi connectivity index (χ4n) is 2.82. The third kappa shape index (κ3) is 5.45. The Balaban J connectivity index is 1.95. The maximum absolute atomic E-state index is 12.4. The fraction of sp³-hybridized carbons (Fsp3) is 0.421. The van der Waals surface area contributed by atoms with Gasteiger partial charge in [-0.05, 0) is 50.8 Å². The number of hydrogen-bond acceptors (Lipinski definition) is 4. The molecule has 2 rings (SSSR count). The molecule has 0 aromatic heterocycles. The zero-order valence-corrected chi connectivity index (χ0v) is 14.7. The molecule has 2 amide bonds. The molecule has 134 valence electrons. The van der Waals surface area contributed by atoms with Gasteiger partial charge in [0.2, 0.25) is 5.91 Å². The van der Waals surface area contributed by atoms with E-state index in [0.717, 1.165) is 31.4 Å². The van der Waals surface area contributed by atoms with Gasteiger partial charge in [-0.3, -0.25) is 9.59 Å². The Hall–Kier alpha value is -2.63. The van der Waals surface area contributed by atoms with Gasteiger partial charge in [-0.1, -0.05) is 12.1 Å². The standard InChI is InChI=1S/C19H24N2O4/c1-3-21(17-10-5-4-6-11-17)18(23)13-25-19(24)15-8-7-9-16(12-15)20-14(2)22/h7-10,12H,3-6,11,13H2,1-2H3,(H,20,22). The van der Waals surface area contributed by atoms with E-state index in [1.165, 1.54) is 13.0 Å². The Labute approximate surface area is 147 Å². The lowest BCUT2D eigenvalue weighted by atomic mass is 10.0. The Morgan fingerprint density at radius 1 is 1.24 bits per heavy atom. The molecule has 0 saturated carbocycles. The number of rotatable bonds is 6. The lowest BCUT2D eigenvalue weighted by Gasteiger charge is -2.26. The van der Waals surface area contributed by atoms with Gasteiger partial charge in [-0.15, -0.1) is 0 Å². The summed E-state index contributed by atoms with van der Waals surface area (Å²) in [5.41, 5.74) is 1.82. The number of allylic oxidation sites excluding steroid dienone is 2. The molecule has 0 saturated heterocycles. The van der Waals surface area contributed by atoms with E-state index in [1.807, 2.05) is 6.92 Å². The zero-order chi connectivity index (χ0) is 18.2. The molecule has 0 aliphatic heterocycles. The van der Waals surface area contributed by atoms with Gasteiger partial charge in [0.15, 0.2) is 6.61 Å². The van der Waals surface area contributed by atoms with Crippen molar-refractivity contribution >= 4 is 23.5 Å². The van der Waals surface area contributed by atoms with Crippen LogP contribution in [0.25, 0.3) is 0 Å². The van der Waals surface area contributed by atoms with Crippen LogP contribution in [-0.2, 0) is 14.3 Å². The first-order valence-electron chi connectivity index (χ1n) is 8.55. The first-order chi connectivity index (χ1) is 12.0. The molecule has 6 heteroatoms. The summed E-state index contributed by atoms with van der Waals surface area (Å²) < 4.78 is 5.15. The second-order valence-corrected chi connectivity index (χ2v) is 5.92. The van der Waals surface area contributed by atoms with Crippen molar-refractivity contribution < 1.29 is 19.1 Å². The minimum Gasteiger partial charge on any atom is -0.452 e. The largest absolute Gasteiger partial charge is 0.452 e. The van der Waals surface area contributed by atoms with Gasteiger partial charge >= 0.3 is 5.97 Å². The summed E-state index contributed by atoms with van der Waals surface area (Å²) in [6.07, 6.45) is 6.17. The van der Waals surface area contributed by atoms with Crippen LogP contribution in [0.15, 0.2) is 36.0 Å². The summed E-state index contributed by atoms with van der Waals surface area (Å²) in [6.45, 7) is 3.56. The van der Waals surface area contributed by atoms with Gasteiger partial charge in [-0.25, -0.2) is 4.79 Å². The third-order valence-electron chi connectivity index (χ3n) is 3.98. The normalized spacial score (nSPS) is 13.6. The first-order valence-corrected chi connectivity index (χ1v) is 8.55. The lowest BCUT2D eigenvalue weighted by Crippen LogP contribution is -2.34. The van der Waals surface area contributed by atoms with Crippen molar-refractivity contribution in [3.63, 3.8) is 0 Å². The molecule has 1 aromatic rings. The van der Waals surface area contributed by atoms with Gasteiger partial charge in [0.1, 0.15) is 0 Å². The van der Waals surface area contributed by atoms with Crippen molar-refractivity contribution in [2.45, 2.75) is 39.5 Å². The Morgan fingerprint density at radius 2 is 2.04 bits per heavy atom. The average Bonchev–Trinajstić information content (AvgIpc) is 2.61. The Morgan fingerprint density at radius 3 is 2.68 bits per heavy atom. The third-order valence-corrected chi connectivity index (χ3v) is 3.98. The van der Waals surface area contributed by atoms with Gasteiger partial charge in [0.25, 0.3) is 5.91 Å². The van der Waals surface area contributed by atoms with Crippen LogP contribution in [-0.4, -0.2) is 35.8 Å². The highest BCUT2D eigenvalue weighted by Crippen LogP contribution is 2.21. The molecule has 1 N–H and O–H groups in total. The van der Waals surface area contributed by atoms with Crippen molar-refractivity contribution in [2.24, 2.45) is 0 Å². The van der Waals surface area contributed by atoms with Crippen LogP contribution in [0.2, 0.25) is 0 Å². The van der Waals surface area contributed by atoms with Gasteiger partial charge in [0, 0.05) is 24.9 Å². The highest BCUT2D eigenvalue weighted by molar-refractivity contribution is 5.94. The second-order valence-electron chi connectivity index (χ2n) is 5.92. The van der Waals surface area contributed by atoms with E-state index in [2.05, 4.69) is 11.4 Å². The minimum atomic E-state index is -0.589. The van der Waals surface area contributed by atoms with Crippen LogP contribution in [0.3, 0.4) is 0 Å². The predicted molar refractivity (Wildman–Crippen MR) is 95.0 cm³/mol. The number of carbonyl (C=O) groups excluding carboxylic acids is 3. The lowest BCUT2D eigenvalue weighted by molar-refractivity contribution is -0.132. The SMILES string of the molecule is CCN(C(=O)COC(=O)c1cccc(NC(C)=O)c1)C1=CCCCC1. The number of carbonyl (C=O) groups is 3. The van der Waals surface area contributed by atoms with E-state index in [0.29, 0.717) is 17.8 Å². The summed E-state index contributed by atoms with van der Waals surface area (Å²) in [6, 6.07) is 6.43. The topological polar surface area (TPSA) is 75.7 Å². The zero-order valence-electron chi connectivity index (χ0n) is 14.7. The average molecular weight is 344 g/mol. The number of likely N-dealkylation sites (N-methyl/N-ethyl adjacent to an activating group) is 1. The molecule has 0 fully saturated rings. The van der Waals surface area contributed by atoms with Crippen LogP contribution >= 0.6 is 0 Å². The number of hydrogen-bond donors (Lipinski definition) is 1. The quantitative estimate of drug-likeness (QED) is 0.805. The van der Waals surface area contributed by atoms with Gasteiger partial charge < -0.3 is 15.0 Å². The monoisotopic (exact) mass is 344 g/mol. The first kappa shape index (κ1) is 18.7. The van der Waals surface area contributed by atoms with E-state index in [4.69, 9.17) is 4.74 Å². The molecule has 0 bridgehead atoms. The molecule has 0 spiro atoms. The van der Waals surface area contributed by atoms with Crippen LogP contribution < -0.4 is 5.32 Å². The van der Waals surface area contributed by atoms with Crippen molar-refractivity contribution in [3.8, 4) is 0 Å². The number of amides is 2. The van der Waals surface area contributed by atoms with Crippen molar-refractivity contribution in [3.05, 3.63) is 41.6 Å². The molecule has 0 atom stereocenters. The number of esters is 1. The fourth-order valence-corrected chi connectivity index (χ4v) is 2.82. The smallest absolute Gasteiger partial charge is 0.338 e. The number of nitrogens with zero attached hydrogens (tertiary/aromatic N) is 1. The summed E-state index contributed by atoms with van der Waals surface area (Å²) in [7, 11) is 0. The summed E-state index contributed by atoms with van der Waals surface area (Å²) in [5.74, 6) is -1.03. The minimum absolute atomic E-state index is 0.220.